The molecular formula is C22H25BrN6O5S. The summed E-state index contributed by atoms with van der Waals surface area (Å²) < 4.78 is 29.4. The lowest BCUT2D eigenvalue weighted by molar-refractivity contribution is 0.101. The van der Waals surface area contributed by atoms with Crippen LogP contribution < -0.4 is 10.5 Å². The third kappa shape index (κ3) is 6.30. The van der Waals surface area contributed by atoms with Gasteiger partial charge in [-0.3, -0.25) is 13.7 Å². The Labute approximate surface area is 211 Å². The summed E-state index contributed by atoms with van der Waals surface area (Å²) in [4.78, 5) is 21.5. The molecule has 11 nitrogen and oxygen atoms in total. The topological polar surface area (TPSA) is 162 Å². The van der Waals surface area contributed by atoms with Gasteiger partial charge >= 0.3 is 10.3 Å². The van der Waals surface area contributed by atoms with E-state index in [1.54, 1.807) is 16.9 Å². The maximum atomic E-state index is 13.3. The van der Waals surface area contributed by atoms with E-state index in [1.165, 1.54) is 12.5 Å². The SMILES string of the molecule is CC(c1cccc(Br)c1)n1ccc(C(=O)c2cncnc2N[C@@H]2C[C@H](COS(N)(=O)=O)[C@@H](O)C2)n1. The minimum Gasteiger partial charge on any atom is -0.393 e. The summed E-state index contributed by atoms with van der Waals surface area (Å²) in [5, 5.41) is 22.8. The van der Waals surface area contributed by atoms with E-state index in [-0.39, 0.29) is 35.7 Å². The van der Waals surface area contributed by atoms with Crippen LogP contribution in [0.4, 0.5) is 5.82 Å². The van der Waals surface area contributed by atoms with Crippen LogP contribution in [-0.2, 0) is 14.5 Å². The number of carbonyl (C=O) groups is 1. The summed E-state index contributed by atoms with van der Waals surface area (Å²) in [6, 6.07) is 9.17. The molecule has 0 bridgehead atoms. The number of halogens is 1. The molecule has 13 heteroatoms. The summed E-state index contributed by atoms with van der Waals surface area (Å²) >= 11 is 3.47. The fourth-order valence-electron chi connectivity index (χ4n) is 4.12. The Bertz CT molecular complexity index is 1320. The molecule has 2 aromatic heterocycles. The number of aliphatic hydroxyl groups excluding tert-OH is 1. The highest BCUT2D eigenvalue weighted by Gasteiger charge is 2.35. The van der Waals surface area contributed by atoms with E-state index in [1.807, 2.05) is 31.2 Å². The fraction of sp³-hybridized carbons (Fsp3) is 0.364. The van der Waals surface area contributed by atoms with Crippen LogP contribution >= 0.6 is 15.9 Å². The van der Waals surface area contributed by atoms with Gasteiger partial charge in [-0.05, 0) is 43.5 Å². The summed E-state index contributed by atoms with van der Waals surface area (Å²) in [5.74, 6) is -0.465. The first-order valence-corrected chi connectivity index (χ1v) is 13.1. The van der Waals surface area contributed by atoms with Crippen molar-refractivity contribution in [3.8, 4) is 0 Å². The Kier molecular flexibility index (Phi) is 7.62. The lowest BCUT2D eigenvalue weighted by Gasteiger charge is -2.15. The summed E-state index contributed by atoms with van der Waals surface area (Å²) in [7, 11) is -4.09. The lowest BCUT2D eigenvalue weighted by Crippen LogP contribution is -2.24. The van der Waals surface area contributed by atoms with Crippen molar-refractivity contribution in [2.75, 3.05) is 11.9 Å². The molecular weight excluding hydrogens is 540 g/mol. The Morgan fingerprint density at radius 3 is 2.91 bits per heavy atom. The van der Waals surface area contributed by atoms with E-state index in [4.69, 9.17) is 5.14 Å². The van der Waals surface area contributed by atoms with Gasteiger partial charge in [0.25, 0.3) is 0 Å². The van der Waals surface area contributed by atoms with Gasteiger partial charge in [0.2, 0.25) is 5.78 Å². The predicted octanol–water partition coefficient (Wildman–Crippen LogP) is 2.05. The third-order valence-corrected chi connectivity index (χ3v) is 6.93. The van der Waals surface area contributed by atoms with Crippen LogP contribution in [0.2, 0.25) is 0 Å². The highest BCUT2D eigenvalue weighted by Crippen LogP contribution is 2.30. The molecule has 1 aromatic carbocycles. The van der Waals surface area contributed by atoms with Crippen LogP contribution in [0.1, 0.15) is 47.4 Å². The zero-order valence-corrected chi connectivity index (χ0v) is 21.2. The van der Waals surface area contributed by atoms with Crippen molar-refractivity contribution in [1.82, 2.24) is 19.7 Å². The van der Waals surface area contributed by atoms with Gasteiger partial charge in [-0.15, -0.1) is 0 Å². The van der Waals surface area contributed by atoms with E-state index < -0.39 is 22.3 Å². The van der Waals surface area contributed by atoms with Crippen LogP contribution in [0.5, 0.6) is 0 Å². The van der Waals surface area contributed by atoms with Gasteiger partial charge in [-0.2, -0.15) is 13.5 Å². The van der Waals surface area contributed by atoms with Crippen LogP contribution in [0, 0.1) is 5.92 Å². The number of anilines is 1. The Morgan fingerprint density at radius 1 is 1.37 bits per heavy atom. The highest BCUT2D eigenvalue weighted by atomic mass is 79.9. The van der Waals surface area contributed by atoms with Crippen molar-refractivity contribution in [2.24, 2.45) is 11.1 Å². The zero-order valence-electron chi connectivity index (χ0n) is 18.8. The van der Waals surface area contributed by atoms with Gasteiger partial charge < -0.3 is 10.4 Å². The van der Waals surface area contributed by atoms with Gasteiger partial charge in [-0.25, -0.2) is 15.1 Å². The minimum absolute atomic E-state index is 0.0878. The van der Waals surface area contributed by atoms with Crippen LogP contribution in [0.3, 0.4) is 0 Å². The first kappa shape index (κ1) is 25.4. The number of carbonyl (C=O) groups excluding carboxylic acids is 1. The second-order valence-electron chi connectivity index (χ2n) is 8.44. The highest BCUT2D eigenvalue weighted by molar-refractivity contribution is 9.10. The number of ketones is 1. The summed E-state index contributed by atoms with van der Waals surface area (Å²) in [6.07, 6.45) is 4.44. The number of nitrogens with two attached hydrogens (primary N) is 1. The monoisotopic (exact) mass is 564 g/mol. The summed E-state index contributed by atoms with van der Waals surface area (Å²) in [6.45, 7) is 1.77. The number of hydrogen-bond acceptors (Lipinski definition) is 9. The Morgan fingerprint density at radius 2 is 2.17 bits per heavy atom. The molecule has 3 aromatic rings. The first-order valence-electron chi connectivity index (χ1n) is 10.9. The molecule has 186 valence electrons. The first-order chi connectivity index (χ1) is 16.6. The molecule has 2 heterocycles. The smallest absolute Gasteiger partial charge is 0.333 e. The molecule has 1 unspecified atom stereocenters. The zero-order chi connectivity index (χ0) is 25.2. The van der Waals surface area contributed by atoms with Gasteiger partial charge in [0.1, 0.15) is 17.8 Å². The van der Waals surface area contributed by atoms with Crippen molar-refractivity contribution in [1.29, 1.82) is 0 Å². The van der Waals surface area contributed by atoms with E-state index in [9.17, 15) is 18.3 Å². The van der Waals surface area contributed by atoms with Gasteiger partial charge in [-0.1, -0.05) is 28.1 Å². The molecule has 0 amide bonds. The van der Waals surface area contributed by atoms with Gasteiger partial charge in [0, 0.05) is 28.8 Å². The predicted molar refractivity (Wildman–Crippen MR) is 131 cm³/mol. The van der Waals surface area contributed by atoms with Gasteiger partial charge in [0.05, 0.1) is 24.3 Å². The molecule has 0 saturated heterocycles. The quantitative estimate of drug-likeness (QED) is 0.330. The molecule has 1 fully saturated rings. The largest absolute Gasteiger partial charge is 0.393 e. The molecule has 1 aliphatic carbocycles. The van der Waals surface area contributed by atoms with Crippen LogP contribution in [-0.4, -0.2) is 57.8 Å². The number of benzene rings is 1. The number of hydrogen-bond donors (Lipinski definition) is 3. The average molecular weight is 565 g/mol. The van der Waals surface area contributed by atoms with Crippen molar-refractivity contribution >= 4 is 37.8 Å². The molecule has 1 saturated carbocycles. The van der Waals surface area contributed by atoms with Crippen molar-refractivity contribution in [3.63, 3.8) is 0 Å². The van der Waals surface area contributed by atoms with Crippen LogP contribution in [0.25, 0.3) is 0 Å². The number of nitrogens with one attached hydrogen (secondary N) is 1. The molecule has 4 atom stereocenters. The maximum absolute atomic E-state index is 13.3. The fourth-order valence-corrected chi connectivity index (χ4v) is 4.90. The number of nitrogens with zero attached hydrogens (tertiary/aromatic N) is 4. The van der Waals surface area contributed by atoms with Crippen molar-refractivity contribution in [2.45, 2.75) is 38.0 Å². The number of rotatable bonds is 9. The van der Waals surface area contributed by atoms with Crippen molar-refractivity contribution in [3.05, 3.63) is 70.3 Å². The third-order valence-electron chi connectivity index (χ3n) is 5.97. The molecule has 0 spiro atoms. The summed E-state index contributed by atoms with van der Waals surface area (Å²) in [5.41, 5.74) is 1.52. The second kappa shape index (κ2) is 10.5. The maximum Gasteiger partial charge on any atom is 0.333 e. The van der Waals surface area contributed by atoms with Crippen LogP contribution in [0.15, 0.2) is 53.5 Å². The molecule has 0 aliphatic heterocycles. The standard InChI is InChI=1S/C22H25BrN6O5S/c1-13(14-3-2-4-16(23)7-14)29-6-5-19(28-29)21(31)18-10-25-12-26-22(18)27-17-8-15(20(30)9-17)11-34-35(24,32)33/h2-7,10,12-13,15,17,20,30H,8-9,11H2,1H3,(H2,24,32,33)(H,25,26,27)/t13?,15-,17-,20+/m1/s1. The molecule has 35 heavy (non-hydrogen) atoms. The van der Waals surface area contributed by atoms with E-state index >= 15 is 0 Å². The Hall–Kier alpha value is -2.71. The molecule has 4 rings (SSSR count). The van der Waals surface area contributed by atoms with E-state index in [2.05, 4.69) is 40.5 Å². The van der Waals surface area contributed by atoms with Gasteiger partial charge in [0.15, 0.2) is 0 Å². The van der Waals surface area contributed by atoms with E-state index in [0.717, 1.165) is 10.0 Å². The normalized spacial score (nSPS) is 21.1. The molecule has 1 aliphatic rings. The molecule has 0 radical (unpaired) electrons. The Balaban J connectivity index is 1.47. The lowest BCUT2D eigenvalue weighted by atomic mass is 10.1. The molecule has 4 N–H and O–H groups in total. The minimum atomic E-state index is -4.09. The number of aromatic nitrogens is 4. The average Bonchev–Trinajstić information content (AvgIpc) is 3.43. The van der Waals surface area contributed by atoms with E-state index in [0.29, 0.717) is 18.7 Å². The second-order valence-corrected chi connectivity index (χ2v) is 10.6. The van der Waals surface area contributed by atoms with Crippen molar-refractivity contribution < 1.29 is 22.5 Å². The number of aliphatic hydroxyl groups is 1.